The molecule has 1 unspecified atom stereocenters. The first kappa shape index (κ1) is 16.6. The second-order valence-corrected chi connectivity index (χ2v) is 5.64. The molecule has 1 heterocycles. The van der Waals surface area contributed by atoms with E-state index in [1.54, 1.807) is 6.92 Å². The van der Waals surface area contributed by atoms with E-state index in [4.69, 9.17) is 15.2 Å². The summed E-state index contributed by atoms with van der Waals surface area (Å²) in [5.41, 5.74) is 6.28. The van der Waals surface area contributed by atoms with Crippen LogP contribution < -0.4 is 15.8 Å². The topological polar surface area (TPSA) is 76.8 Å². The van der Waals surface area contributed by atoms with Gasteiger partial charge in [0.2, 0.25) is 0 Å². The second kappa shape index (κ2) is 7.35. The van der Waals surface area contributed by atoms with Gasteiger partial charge in [-0.25, -0.2) is 4.79 Å². The van der Waals surface area contributed by atoms with Crippen molar-refractivity contribution < 1.29 is 14.3 Å². The van der Waals surface area contributed by atoms with Crippen molar-refractivity contribution in [2.45, 2.75) is 19.9 Å². The van der Waals surface area contributed by atoms with E-state index in [2.05, 4.69) is 17.1 Å². The normalized spacial score (nSPS) is 12.3. The highest BCUT2D eigenvalue weighted by atomic mass is 32.1. The quantitative estimate of drug-likeness (QED) is 0.749. The Morgan fingerprint density at radius 2 is 2.15 bits per heavy atom. The number of nitrogens with zero attached hydrogens (tertiary/aromatic N) is 1. The van der Waals surface area contributed by atoms with Gasteiger partial charge < -0.3 is 25.4 Å². The highest BCUT2D eigenvalue weighted by molar-refractivity contribution is 7.19. The van der Waals surface area contributed by atoms with Gasteiger partial charge in [0.25, 0.3) is 0 Å². The number of carbonyl (C=O) groups is 1. The zero-order valence-corrected chi connectivity index (χ0v) is 13.5. The number of ether oxygens (including phenoxy) is 2. The minimum absolute atomic E-state index is 0.318. The molecule has 1 rings (SSSR count). The van der Waals surface area contributed by atoms with Gasteiger partial charge in [0.1, 0.15) is 15.6 Å². The molecule has 6 nitrogen and oxygen atoms in total. The standard InChI is InChI=1S/C13H23N3O3S/c1-6-19-13(17)11-9(14)10(18-5)12(20-11)15-7-8(2)16(3)4/h8,15H,6-7,14H2,1-5H3. The third kappa shape index (κ3) is 3.77. The van der Waals surface area contributed by atoms with E-state index in [1.807, 2.05) is 14.1 Å². The number of nitrogen functional groups attached to an aromatic ring is 1. The molecule has 1 aromatic heterocycles. The number of nitrogens with one attached hydrogen (secondary N) is 1. The third-order valence-electron chi connectivity index (χ3n) is 3.00. The number of nitrogens with two attached hydrogens (primary N) is 1. The van der Waals surface area contributed by atoms with Crippen molar-refractivity contribution in [2.75, 3.05) is 45.4 Å². The number of hydrogen-bond acceptors (Lipinski definition) is 7. The molecule has 1 aromatic rings. The fourth-order valence-electron chi connectivity index (χ4n) is 1.52. The third-order valence-corrected chi connectivity index (χ3v) is 4.13. The molecule has 0 aliphatic heterocycles. The zero-order valence-electron chi connectivity index (χ0n) is 12.6. The van der Waals surface area contributed by atoms with E-state index < -0.39 is 5.97 Å². The predicted molar refractivity (Wildman–Crippen MR) is 82.9 cm³/mol. The largest absolute Gasteiger partial charge is 0.492 e. The summed E-state index contributed by atoms with van der Waals surface area (Å²) < 4.78 is 10.3. The van der Waals surface area contributed by atoms with Gasteiger partial charge in [-0.2, -0.15) is 0 Å². The average Bonchev–Trinajstić information content (AvgIpc) is 2.72. The molecule has 7 heteroatoms. The molecule has 0 spiro atoms. The first-order chi connectivity index (χ1) is 9.42. The van der Waals surface area contributed by atoms with Crippen molar-refractivity contribution in [3.63, 3.8) is 0 Å². The van der Waals surface area contributed by atoms with E-state index >= 15 is 0 Å². The maximum Gasteiger partial charge on any atom is 0.350 e. The Hall–Kier alpha value is -1.47. The van der Waals surface area contributed by atoms with Crippen LogP contribution in [0.5, 0.6) is 5.75 Å². The summed E-state index contributed by atoms with van der Waals surface area (Å²) in [5.74, 6) is 0.0889. The van der Waals surface area contributed by atoms with E-state index in [9.17, 15) is 4.79 Å². The Morgan fingerprint density at radius 3 is 2.65 bits per heavy atom. The maximum atomic E-state index is 11.8. The van der Waals surface area contributed by atoms with E-state index in [-0.39, 0.29) is 0 Å². The van der Waals surface area contributed by atoms with E-state index in [0.717, 1.165) is 11.5 Å². The van der Waals surface area contributed by atoms with Gasteiger partial charge in [-0.05, 0) is 27.9 Å². The maximum absolute atomic E-state index is 11.8. The first-order valence-corrected chi connectivity index (χ1v) is 7.27. The second-order valence-electron chi connectivity index (χ2n) is 4.62. The first-order valence-electron chi connectivity index (χ1n) is 6.46. The van der Waals surface area contributed by atoms with Crippen molar-refractivity contribution in [3.8, 4) is 5.75 Å². The number of rotatable bonds is 7. The Balaban J connectivity index is 2.91. The molecule has 0 fully saturated rings. The molecule has 0 radical (unpaired) electrons. The van der Waals surface area contributed by atoms with Gasteiger partial charge in [0, 0.05) is 12.6 Å². The fraction of sp³-hybridized carbons (Fsp3) is 0.615. The molecule has 0 aliphatic carbocycles. The lowest BCUT2D eigenvalue weighted by Crippen LogP contribution is -2.31. The molecule has 1 atom stereocenters. The van der Waals surface area contributed by atoms with E-state index in [1.165, 1.54) is 18.4 Å². The molecule has 3 N–H and O–H groups in total. The molecule has 0 bridgehead atoms. The van der Waals surface area contributed by atoms with E-state index in [0.29, 0.717) is 29.0 Å². The molecular weight excluding hydrogens is 278 g/mol. The van der Waals surface area contributed by atoms with Crippen molar-refractivity contribution in [1.82, 2.24) is 4.90 Å². The van der Waals surface area contributed by atoms with Crippen molar-refractivity contribution in [3.05, 3.63) is 4.88 Å². The molecule has 114 valence electrons. The van der Waals surface area contributed by atoms with Crippen molar-refractivity contribution >= 4 is 28.0 Å². The van der Waals surface area contributed by atoms with Gasteiger partial charge in [0.15, 0.2) is 5.75 Å². The van der Waals surface area contributed by atoms with Crippen LogP contribution in [0, 0.1) is 0 Å². The van der Waals surface area contributed by atoms with Gasteiger partial charge >= 0.3 is 5.97 Å². The SMILES string of the molecule is CCOC(=O)c1sc(NCC(C)N(C)C)c(OC)c1N. The minimum Gasteiger partial charge on any atom is -0.492 e. The molecule has 20 heavy (non-hydrogen) atoms. The Morgan fingerprint density at radius 1 is 1.50 bits per heavy atom. The number of thiophene rings is 1. The lowest BCUT2D eigenvalue weighted by molar-refractivity contribution is 0.0533. The van der Waals surface area contributed by atoms with Crippen LogP contribution in [0.15, 0.2) is 0 Å². The molecule has 0 aromatic carbocycles. The highest BCUT2D eigenvalue weighted by Crippen LogP contribution is 2.42. The Kier molecular flexibility index (Phi) is 6.09. The van der Waals surface area contributed by atoms with Gasteiger partial charge in [-0.3, -0.25) is 0 Å². The average molecular weight is 301 g/mol. The molecule has 0 saturated heterocycles. The molecule has 0 aliphatic rings. The van der Waals surface area contributed by atoms with Crippen molar-refractivity contribution in [2.24, 2.45) is 0 Å². The zero-order chi connectivity index (χ0) is 15.3. The van der Waals surface area contributed by atoms with Crippen LogP contribution in [0.2, 0.25) is 0 Å². The van der Waals surface area contributed by atoms with Crippen LogP contribution in [0.3, 0.4) is 0 Å². The number of methoxy groups -OCH3 is 1. The van der Waals surface area contributed by atoms with Crippen LogP contribution >= 0.6 is 11.3 Å². The minimum atomic E-state index is -0.415. The van der Waals surface area contributed by atoms with Crippen LogP contribution in [-0.4, -0.2) is 51.3 Å². The summed E-state index contributed by atoms with van der Waals surface area (Å²) in [4.78, 5) is 14.3. The highest BCUT2D eigenvalue weighted by Gasteiger charge is 2.23. The molecular formula is C13H23N3O3S. The summed E-state index contributed by atoms with van der Waals surface area (Å²) in [6, 6.07) is 0.342. The summed E-state index contributed by atoms with van der Waals surface area (Å²) in [5, 5.41) is 4.02. The predicted octanol–water partition coefficient (Wildman–Crippen LogP) is 1.88. The summed E-state index contributed by atoms with van der Waals surface area (Å²) in [6.07, 6.45) is 0. The smallest absolute Gasteiger partial charge is 0.350 e. The lowest BCUT2D eigenvalue weighted by Gasteiger charge is -2.20. The monoisotopic (exact) mass is 301 g/mol. The molecule has 0 amide bonds. The number of esters is 1. The van der Waals surface area contributed by atoms with Crippen molar-refractivity contribution in [1.29, 1.82) is 0 Å². The molecule has 0 saturated carbocycles. The lowest BCUT2D eigenvalue weighted by atomic mass is 10.3. The van der Waals surface area contributed by atoms with Crippen LogP contribution in [-0.2, 0) is 4.74 Å². The summed E-state index contributed by atoms with van der Waals surface area (Å²) in [6.45, 7) is 4.91. The summed E-state index contributed by atoms with van der Waals surface area (Å²) in [7, 11) is 5.56. The Labute approximate surface area is 123 Å². The number of hydrogen-bond donors (Lipinski definition) is 2. The van der Waals surface area contributed by atoms with Gasteiger partial charge in [0.05, 0.1) is 13.7 Å². The van der Waals surface area contributed by atoms with Gasteiger partial charge in [-0.1, -0.05) is 0 Å². The van der Waals surface area contributed by atoms with Crippen LogP contribution in [0.1, 0.15) is 23.5 Å². The van der Waals surface area contributed by atoms with Crippen LogP contribution in [0.4, 0.5) is 10.7 Å². The fourth-order valence-corrected chi connectivity index (χ4v) is 2.51. The number of anilines is 2. The number of likely N-dealkylation sites (N-methyl/N-ethyl adjacent to an activating group) is 1. The van der Waals surface area contributed by atoms with Crippen LogP contribution in [0.25, 0.3) is 0 Å². The van der Waals surface area contributed by atoms with Gasteiger partial charge in [-0.15, -0.1) is 11.3 Å². The number of carbonyl (C=O) groups excluding carboxylic acids is 1. The summed E-state index contributed by atoms with van der Waals surface area (Å²) >= 11 is 1.26. The Bertz CT molecular complexity index is 460.